The van der Waals surface area contributed by atoms with E-state index in [2.05, 4.69) is 36.6 Å². The fraction of sp³-hybridized carbons (Fsp3) is 0.143. The maximum absolute atomic E-state index is 12.3. The summed E-state index contributed by atoms with van der Waals surface area (Å²) >= 11 is 6.73. The number of benzene rings is 2. The van der Waals surface area contributed by atoms with Crippen LogP contribution >= 0.6 is 31.9 Å². The molecule has 0 aromatic heterocycles. The molecule has 0 saturated heterocycles. The number of nitrogen functional groups attached to an aromatic ring is 1. The molecule has 3 N–H and O–H groups in total. The smallest absolute Gasteiger partial charge is 0.261 e. The molecule has 0 radical (unpaired) electrons. The molecule has 2 aromatic rings. The summed E-state index contributed by atoms with van der Waals surface area (Å²) in [6.07, 6.45) is 0. The number of nitrogens with one attached hydrogen (secondary N) is 1. The summed E-state index contributed by atoms with van der Waals surface area (Å²) in [6.45, 7) is 2.38. The first-order chi connectivity index (χ1) is 10.3. The van der Waals surface area contributed by atoms with E-state index in [1.54, 1.807) is 24.3 Å². The van der Waals surface area contributed by atoms with E-state index in [4.69, 9.17) is 10.5 Å². The second-order valence-electron chi connectivity index (χ2n) is 4.38. The van der Waals surface area contributed by atoms with Crippen molar-refractivity contribution in [3.05, 3.63) is 45.3 Å². The van der Waals surface area contributed by atoms with E-state index in [9.17, 15) is 8.42 Å². The zero-order valence-corrected chi connectivity index (χ0v) is 15.6. The predicted molar refractivity (Wildman–Crippen MR) is 94.7 cm³/mol. The van der Waals surface area contributed by atoms with E-state index >= 15 is 0 Å². The summed E-state index contributed by atoms with van der Waals surface area (Å²) in [5.41, 5.74) is 6.49. The molecule has 0 atom stereocenters. The van der Waals surface area contributed by atoms with Crippen LogP contribution in [0.2, 0.25) is 0 Å². The van der Waals surface area contributed by atoms with Crippen LogP contribution in [0.25, 0.3) is 0 Å². The normalized spacial score (nSPS) is 11.2. The van der Waals surface area contributed by atoms with Crippen molar-refractivity contribution in [3.8, 4) is 5.75 Å². The Balaban J connectivity index is 2.32. The van der Waals surface area contributed by atoms with Gasteiger partial charge in [0.1, 0.15) is 5.75 Å². The fourth-order valence-corrected chi connectivity index (χ4v) is 4.22. The van der Waals surface area contributed by atoms with Crippen LogP contribution in [0.15, 0.2) is 50.2 Å². The number of hydrogen-bond acceptors (Lipinski definition) is 4. The SMILES string of the molecule is CCOc1c(Br)cc(NS(=O)(=O)c2ccc(N)cc2)cc1Br. The van der Waals surface area contributed by atoms with Crippen molar-refractivity contribution in [1.29, 1.82) is 0 Å². The van der Waals surface area contributed by atoms with Crippen molar-refractivity contribution in [2.45, 2.75) is 11.8 Å². The molecule has 0 amide bonds. The largest absolute Gasteiger partial charge is 0.492 e. The number of nitrogens with two attached hydrogens (primary N) is 1. The molecule has 0 spiro atoms. The van der Waals surface area contributed by atoms with Crippen molar-refractivity contribution in [3.63, 3.8) is 0 Å². The van der Waals surface area contributed by atoms with Crippen LogP contribution in [0.3, 0.4) is 0 Å². The van der Waals surface area contributed by atoms with Crippen molar-refractivity contribution in [2.75, 3.05) is 17.1 Å². The number of hydrogen-bond donors (Lipinski definition) is 2. The molecule has 2 aromatic carbocycles. The van der Waals surface area contributed by atoms with Crippen LogP contribution in [0.5, 0.6) is 5.75 Å². The lowest BCUT2D eigenvalue weighted by Gasteiger charge is -2.13. The van der Waals surface area contributed by atoms with Crippen LogP contribution in [0.1, 0.15) is 6.92 Å². The van der Waals surface area contributed by atoms with Crippen molar-refractivity contribution in [1.82, 2.24) is 0 Å². The molecule has 0 unspecified atom stereocenters. The van der Waals surface area contributed by atoms with Crippen molar-refractivity contribution in [2.24, 2.45) is 0 Å². The van der Waals surface area contributed by atoms with Gasteiger partial charge < -0.3 is 10.5 Å². The van der Waals surface area contributed by atoms with E-state index in [0.29, 0.717) is 32.7 Å². The van der Waals surface area contributed by atoms with Gasteiger partial charge in [0.05, 0.1) is 26.1 Å². The topological polar surface area (TPSA) is 81.4 Å². The van der Waals surface area contributed by atoms with Crippen LogP contribution in [-0.2, 0) is 10.0 Å². The van der Waals surface area contributed by atoms with Crippen molar-refractivity contribution >= 4 is 53.3 Å². The third-order valence-corrected chi connectivity index (χ3v) is 5.30. The van der Waals surface area contributed by atoms with E-state index in [-0.39, 0.29) is 4.90 Å². The fourth-order valence-electron chi connectivity index (χ4n) is 1.76. The van der Waals surface area contributed by atoms with E-state index in [1.165, 1.54) is 12.1 Å². The lowest BCUT2D eigenvalue weighted by molar-refractivity contribution is 0.336. The first-order valence-electron chi connectivity index (χ1n) is 6.33. The minimum absolute atomic E-state index is 0.142. The molecule has 118 valence electrons. The molecular weight excluding hydrogens is 436 g/mol. The molecule has 0 saturated carbocycles. The number of ether oxygens (including phenoxy) is 1. The number of sulfonamides is 1. The van der Waals surface area contributed by atoms with Crippen LogP contribution in [0, 0.1) is 0 Å². The van der Waals surface area contributed by atoms with Gasteiger partial charge >= 0.3 is 0 Å². The standard InChI is InChI=1S/C14H14Br2N2O3S/c1-2-21-14-12(15)7-10(8-13(14)16)18-22(19,20)11-5-3-9(17)4-6-11/h3-8,18H,2,17H2,1H3. The Hall–Kier alpha value is -1.25. The molecule has 0 aliphatic rings. The molecule has 0 aliphatic carbocycles. The third kappa shape index (κ3) is 3.93. The number of rotatable bonds is 5. The Labute approximate surface area is 146 Å². The lowest BCUT2D eigenvalue weighted by Crippen LogP contribution is -2.13. The van der Waals surface area contributed by atoms with Gasteiger partial charge in [-0.25, -0.2) is 8.42 Å². The first-order valence-corrected chi connectivity index (χ1v) is 9.40. The van der Waals surface area contributed by atoms with Gasteiger partial charge in [-0.05, 0) is 75.2 Å². The zero-order valence-electron chi connectivity index (χ0n) is 11.6. The van der Waals surface area contributed by atoms with Crippen LogP contribution < -0.4 is 15.2 Å². The Bertz CT molecular complexity index is 754. The first kappa shape index (κ1) is 17.1. The molecule has 0 heterocycles. The number of halogens is 2. The molecular formula is C14H14Br2N2O3S. The summed E-state index contributed by atoms with van der Waals surface area (Å²) in [5, 5.41) is 0. The summed E-state index contributed by atoms with van der Waals surface area (Å²) in [6, 6.07) is 9.28. The second-order valence-corrected chi connectivity index (χ2v) is 7.77. The molecule has 8 heteroatoms. The van der Waals surface area contributed by atoms with Gasteiger partial charge in [0, 0.05) is 5.69 Å². The highest BCUT2D eigenvalue weighted by Gasteiger charge is 2.16. The summed E-state index contributed by atoms with van der Waals surface area (Å²) in [7, 11) is -3.68. The van der Waals surface area contributed by atoms with Gasteiger partial charge in [0.15, 0.2) is 0 Å². The highest BCUT2D eigenvalue weighted by atomic mass is 79.9. The molecule has 22 heavy (non-hydrogen) atoms. The molecule has 2 rings (SSSR count). The minimum atomic E-state index is -3.68. The number of anilines is 2. The second kappa shape index (κ2) is 6.89. The quantitative estimate of drug-likeness (QED) is 0.676. The summed E-state index contributed by atoms with van der Waals surface area (Å²) < 4.78 is 34.0. The van der Waals surface area contributed by atoms with Gasteiger partial charge in [-0.15, -0.1) is 0 Å². The van der Waals surface area contributed by atoms with Gasteiger partial charge in [0.2, 0.25) is 0 Å². The molecule has 0 fully saturated rings. The van der Waals surface area contributed by atoms with Gasteiger partial charge in [0.25, 0.3) is 10.0 Å². The predicted octanol–water partition coefficient (Wildman–Crippen LogP) is 3.99. The molecule has 5 nitrogen and oxygen atoms in total. The lowest BCUT2D eigenvalue weighted by atomic mass is 10.3. The van der Waals surface area contributed by atoms with E-state index in [1.807, 2.05) is 6.92 Å². The maximum atomic E-state index is 12.3. The average molecular weight is 450 g/mol. The highest BCUT2D eigenvalue weighted by molar-refractivity contribution is 9.11. The van der Waals surface area contributed by atoms with Crippen molar-refractivity contribution < 1.29 is 13.2 Å². The van der Waals surface area contributed by atoms with E-state index < -0.39 is 10.0 Å². The van der Waals surface area contributed by atoms with Crippen LogP contribution in [-0.4, -0.2) is 15.0 Å². The Morgan fingerprint density at radius 2 is 1.68 bits per heavy atom. The molecule has 0 bridgehead atoms. The van der Waals surface area contributed by atoms with Gasteiger partial charge in [-0.3, -0.25) is 4.72 Å². The molecule has 0 aliphatic heterocycles. The maximum Gasteiger partial charge on any atom is 0.261 e. The van der Waals surface area contributed by atoms with Crippen LogP contribution in [0.4, 0.5) is 11.4 Å². The Morgan fingerprint density at radius 3 is 2.18 bits per heavy atom. The van der Waals surface area contributed by atoms with Gasteiger partial charge in [-0.2, -0.15) is 0 Å². The van der Waals surface area contributed by atoms with Gasteiger partial charge in [-0.1, -0.05) is 0 Å². The van der Waals surface area contributed by atoms with E-state index in [0.717, 1.165) is 0 Å². The highest BCUT2D eigenvalue weighted by Crippen LogP contribution is 2.37. The summed E-state index contributed by atoms with van der Waals surface area (Å²) in [4.78, 5) is 0.142. The Morgan fingerprint density at radius 1 is 1.14 bits per heavy atom. The minimum Gasteiger partial charge on any atom is -0.492 e. The monoisotopic (exact) mass is 448 g/mol. The summed E-state index contributed by atoms with van der Waals surface area (Å²) in [5.74, 6) is 0.623. The third-order valence-electron chi connectivity index (χ3n) is 2.73. The zero-order chi connectivity index (χ0) is 16.3. The Kier molecular flexibility index (Phi) is 5.36. The average Bonchev–Trinajstić information content (AvgIpc) is 2.43.